The van der Waals surface area contributed by atoms with E-state index in [2.05, 4.69) is 32.5 Å². The molecular formula is C11H6BrNO2. The highest BCUT2D eigenvalue weighted by atomic mass is 79.9. The number of hydrogen-bond acceptors (Lipinski definition) is 3. The van der Waals surface area contributed by atoms with Crippen molar-refractivity contribution in [2.24, 2.45) is 0 Å². The number of carbonyl (C=O) groups is 1. The highest BCUT2D eigenvalue weighted by Gasteiger charge is 2.03. The first-order valence-electron chi connectivity index (χ1n) is 3.97. The van der Waals surface area contributed by atoms with Gasteiger partial charge < -0.3 is 4.74 Å². The Hall–Kier alpha value is -1.78. The second-order valence-corrected chi connectivity index (χ2v) is 3.37. The summed E-state index contributed by atoms with van der Waals surface area (Å²) >= 11 is 3.22. The molecule has 0 spiro atoms. The molecule has 0 saturated carbocycles. The van der Waals surface area contributed by atoms with Gasteiger partial charge in [0.05, 0.1) is 12.7 Å². The molecule has 1 aromatic rings. The highest BCUT2D eigenvalue weighted by molar-refractivity contribution is 9.10. The number of nitrogens with zero attached hydrogens (tertiary/aromatic N) is 1. The van der Waals surface area contributed by atoms with Crippen LogP contribution < -0.4 is 0 Å². The summed E-state index contributed by atoms with van der Waals surface area (Å²) in [5.74, 6) is 4.22. The van der Waals surface area contributed by atoms with Crippen molar-refractivity contribution in [3.05, 3.63) is 33.8 Å². The molecule has 0 atom stereocenters. The van der Waals surface area contributed by atoms with Gasteiger partial charge in [-0.3, -0.25) is 0 Å². The second-order valence-electron chi connectivity index (χ2n) is 2.52. The van der Waals surface area contributed by atoms with Crippen LogP contribution in [0.3, 0.4) is 0 Å². The molecule has 1 aromatic carbocycles. The number of rotatable bonds is 0. The monoisotopic (exact) mass is 263 g/mol. The Morgan fingerprint density at radius 3 is 2.87 bits per heavy atom. The molecule has 0 bridgehead atoms. The summed E-state index contributed by atoms with van der Waals surface area (Å²) < 4.78 is 5.02. The van der Waals surface area contributed by atoms with E-state index in [4.69, 9.17) is 5.26 Å². The Balaban J connectivity index is 3.15. The number of ether oxygens (including phenoxy) is 1. The predicted molar refractivity (Wildman–Crippen MR) is 57.8 cm³/mol. The largest absolute Gasteiger partial charge is 0.459 e. The minimum atomic E-state index is -0.626. The Morgan fingerprint density at radius 1 is 1.53 bits per heavy atom. The average Bonchev–Trinajstić information content (AvgIpc) is 2.25. The maximum absolute atomic E-state index is 10.8. The van der Waals surface area contributed by atoms with Crippen LogP contribution in [0.2, 0.25) is 0 Å². The minimum absolute atomic E-state index is 0.411. The van der Waals surface area contributed by atoms with Gasteiger partial charge in [-0.25, -0.2) is 4.79 Å². The summed E-state index contributed by atoms with van der Waals surface area (Å²) in [6.45, 7) is 0. The fraction of sp³-hybridized carbons (Fsp3) is 0.0909. The molecule has 1 rings (SSSR count). The van der Waals surface area contributed by atoms with Crippen molar-refractivity contribution in [2.75, 3.05) is 7.11 Å². The van der Waals surface area contributed by atoms with Gasteiger partial charge in [0.2, 0.25) is 0 Å². The average molecular weight is 264 g/mol. The fourth-order valence-corrected chi connectivity index (χ4v) is 1.37. The number of methoxy groups -OCH3 is 1. The van der Waals surface area contributed by atoms with Crippen molar-refractivity contribution in [3.8, 4) is 17.9 Å². The van der Waals surface area contributed by atoms with Crippen molar-refractivity contribution in [1.82, 2.24) is 0 Å². The van der Waals surface area contributed by atoms with Crippen LogP contribution in [0.25, 0.3) is 0 Å². The molecule has 0 radical (unpaired) electrons. The molecule has 0 aromatic heterocycles. The van der Waals surface area contributed by atoms with Crippen molar-refractivity contribution < 1.29 is 9.53 Å². The van der Waals surface area contributed by atoms with E-state index in [0.717, 1.165) is 0 Å². The molecular weight excluding hydrogens is 258 g/mol. The Labute approximate surface area is 95.8 Å². The van der Waals surface area contributed by atoms with Gasteiger partial charge in [0.1, 0.15) is 6.07 Å². The van der Waals surface area contributed by atoms with Crippen molar-refractivity contribution in [2.45, 2.75) is 0 Å². The zero-order valence-corrected chi connectivity index (χ0v) is 9.46. The molecule has 4 heteroatoms. The van der Waals surface area contributed by atoms with Crippen LogP contribution in [0.4, 0.5) is 0 Å². The van der Waals surface area contributed by atoms with Crippen molar-refractivity contribution >= 4 is 21.9 Å². The third kappa shape index (κ3) is 2.83. The maximum Gasteiger partial charge on any atom is 0.384 e. The first-order valence-corrected chi connectivity index (χ1v) is 4.77. The number of halogens is 1. The number of esters is 1. The van der Waals surface area contributed by atoms with E-state index in [1.54, 1.807) is 18.2 Å². The number of nitriles is 1. The van der Waals surface area contributed by atoms with Crippen LogP contribution >= 0.6 is 15.9 Å². The lowest BCUT2D eigenvalue weighted by Gasteiger charge is -1.96. The molecule has 0 saturated heterocycles. The minimum Gasteiger partial charge on any atom is -0.459 e. The molecule has 0 unspecified atom stereocenters. The first-order chi connectivity index (χ1) is 7.19. The van der Waals surface area contributed by atoms with Gasteiger partial charge in [0.25, 0.3) is 0 Å². The summed E-state index contributed by atoms with van der Waals surface area (Å²) in [5, 5.41) is 8.86. The standard InChI is InChI=1S/C11H6BrNO2/c1-15-11(14)6-5-8-3-2-4-10(12)9(8)7-13/h2-4H,1H3. The number of hydrogen-bond donors (Lipinski definition) is 0. The Morgan fingerprint density at radius 2 is 2.27 bits per heavy atom. The molecule has 0 N–H and O–H groups in total. The van der Waals surface area contributed by atoms with E-state index in [0.29, 0.717) is 15.6 Å². The summed E-state index contributed by atoms with van der Waals surface area (Å²) in [6.07, 6.45) is 0. The van der Waals surface area contributed by atoms with E-state index in [9.17, 15) is 4.79 Å². The molecule has 0 amide bonds. The fourth-order valence-electron chi connectivity index (χ4n) is 0.911. The van der Waals surface area contributed by atoms with Crippen molar-refractivity contribution in [3.63, 3.8) is 0 Å². The quantitative estimate of drug-likeness (QED) is 0.530. The van der Waals surface area contributed by atoms with Crippen LogP contribution in [0, 0.1) is 23.2 Å². The third-order valence-electron chi connectivity index (χ3n) is 1.61. The summed E-state index contributed by atoms with van der Waals surface area (Å²) in [4.78, 5) is 10.8. The van der Waals surface area contributed by atoms with E-state index in [-0.39, 0.29) is 0 Å². The SMILES string of the molecule is COC(=O)C#Cc1cccc(Br)c1C#N. The lowest BCUT2D eigenvalue weighted by molar-refractivity contribution is -0.133. The van der Waals surface area contributed by atoms with E-state index in [1.807, 2.05) is 6.07 Å². The van der Waals surface area contributed by atoms with Gasteiger partial charge in [-0.1, -0.05) is 12.0 Å². The van der Waals surface area contributed by atoms with Crippen LogP contribution in [0.15, 0.2) is 22.7 Å². The van der Waals surface area contributed by atoms with Crippen LogP contribution in [-0.4, -0.2) is 13.1 Å². The lowest BCUT2D eigenvalue weighted by atomic mass is 10.1. The van der Waals surface area contributed by atoms with Gasteiger partial charge in [-0.2, -0.15) is 5.26 Å². The van der Waals surface area contributed by atoms with Crippen molar-refractivity contribution in [1.29, 1.82) is 5.26 Å². The van der Waals surface area contributed by atoms with Crippen LogP contribution in [0.1, 0.15) is 11.1 Å². The zero-order valence-electron chi connectivity index (χ0n) is 7.87. The van der Waals surface area contributed by atoms with E-state index in [1.165, 1.54) is 7.11 Å². The van der Waals surface area contributed by atoms with Crippen LogP contribution in [0.5, 0.6) is 0 Å². The predicted octanol–water partition coefficient (Wildman–Crippen LogP) is 1.85. The molecule has 74 valence electrons. The highest BCUT2D eigenvalue weighted by Crippen LogP contribution is 2.18. The maximum atomic E-state index is 10.8. The smallest absolute Gasteiger partial charge is 0.384 e. The molecule has 0 aliphatic carbocycles. The number of benzene rings is 1. The molecule has 3 nitrogen and oxygen atoms in total. The molecule has 0 aliphatic rings. The van der Waals surface area contributed by atoms with E-state index >= 15 is 0 Å². The molecule has 0 aliphatic heterocycles. The summed E-state index contributed by atoms with van der Waals surface area (Å²) in [6, 6.07) is 7.15. The third-order valence-corrected chi connectivity index (χ3v) is 2.27. The second kappa shape index (κ2) is 5.19. The van der Waals surface area contributed by atoms with Gasteiger partial charge >= 0.3 is 5.97 Å². The topological polar surface area (TPSA) is 50.1 Å². The van der Waals surface area contributed by atoms with Gasteiger partial charge in [-0.15, -0.1) is 0 Å². The zero-order chi connectivity index (χ0) is 11.3. The summed E-state index contributed by atoms with van der Waals surface area (Å²) in [7, 11) is 1.25. The first kappa shape index (κ1) is 11.3. The molecule has 15 heavy (non-hydrogen) atoms. The summed E-state index contributed by atoms with van der Waals surface area (Å²) in [5.41, 5.74) is 0.908. The Bertz CT molecular complexity index is 492. The van der Waals surface area contributed by atoms with Gasteiger partial charge in [-0.05, 0) is 28.1 Å². The molecule has 0 fully saturated rings. The lowest BCUT2D eigenvalue weighted by Crippen LogP contribution is -1.95. The van der Waals surface area contributed by atoms with Gasteiger partial charge in [0, 0.05) is 16.0 Å². The Kier molecular flexibility index (Phi) is 3.91. The molecule has 0 heterocycles. The van der Waals surface area contributed by atoms with Gasteiger partial charge in [0.15, 0.2) is 0 Å². The normalized spacial score (nSPS) is 8.33. The number of carbonyl (C=O) groups excluding carboxylic acids is 1. The van der Waals surface area contributed by atoms with E-state index < -0.39 is 5.97 Å². The van der Waals surface area contributed by atoms with Crippen LogP contribution in [-0.2, 0) is 9.53 Å².